The van der Waals surface area contributed by atoms with E-state index in [1.165, 1.54) is 19.3 Å². The molecular formula is C16H28N2O. The molecule has 0 aliphatic heterocycles. The standard InChI is InChI=1S/C16H28N2O/c1-15(2)11(16(15,3)4)8-18-14(19)12-9-5-6-10(7-9)13(12)17/h9-13H,5-8,17H2,1-4H3,(H,18,19). The molecule has 0 saturated heterocycles. The van der Waals surface area contributed by atoms with Gasteiger partial charge in [-0.05, 0) is 47.8 Å². The molecule has 3 N–H and O–H groups in total. The molecule has 3 aliphatic carbocycles. The Kier molecular flexibility index (Phi) is 2.80. The normalized spacial score (nSPS) is 42.4. The van der Waals surface area contributed by atoms with Crippen LogP contribution in [-0.4, -0.2) is 18.5 Å². The quantitative estimate of drug-likeness (QED) is 0.820. The molecule has 4 unspecified atom stereocenters. The van der Waals surface area contributed by atoms with Gasteiger partial charge in [0.1, 0.15) is 0 Å². The molecule has 0 aromatic rings. The number of nitrogens with one attached hydrogen (secondary N) is 1. The van der Waals surface area contributed by atoms with Gasteiger partial charge < -0.3 is 11.1 Å². The number of carbonyl (C=O) groups excluding carboxylic acids is 1. The molecular weight excluding hydrogens is 236 g/mol. The van der Waals surface area contributed by atoms with Gasteiger partial charge in [0.15, 0.2) is 0 Å². The summed E-state index contributed by atoms with van der Waals surface area (Å²) in [6, 6.07) is 0.110. The lowest BCUT2D eigenvalue weighted by Crippen LogP contribution is -2.45. The van der Waals surface area contributed by atoms with Gasteiger partial charge in [-0.15, -0.1) is 0 Å². The minimum Gasteiger partial charge on any atom is -0.355 e. The summed E-state index contributed by atoms with van der Waals surface area (Å²) in [7, 11) is 0. The highest BCUT2D eigenvalue weighted by molar-refractivity contribution is 5.80. The van der Waals surface area contributed by atoms with Gasteiger partial charge in [0.2, 0.25) is 5.91 Å². The van der Waals surface area contributed by atoms with Crippen LogP contribution in [0, 0.1) is 34.5 Å². The van der Waals surface area contributed by atoms with Crippen molar-refractivity contribution in [3.63, 3.8) is 0 Å². The van der Waals surface area contributed by atoms with E-state index in [1.54, 1.807) is 0 Å². The predicted molar refractivity (Wildman–Crippen MR) is 76.4 cm³/mol. The number of amides is 1. The van der Waals surface area contributed by atoms with Crippen LogP contribution in [0.5, 0.6) is 0 Å². The van der Waals surface area contributed by atoms with Crippen molar-refractivity contribution in [2.45, 2.75) is 53.0 Å². The minimum atomic E-state index is 0.0868. The third-order valence-corrected chi connectivity index (χ3v) is 7.08. The second kappa shape index (κ2) is 3.97. The number of hydrogen-bond acceptors (Lipinski definition) is 2. The monoisotopic (exact) mass is 264 g/mol. The molecule has 4 atom stereocenters. The summed E-state index contributed by atoms with van der Waals surface area (Å²) in [5.41, 5.74) is 6.92. The summed E-state index contributed by atoms with van der Waals surface area (Å²) in [6.07, 6.45) is 3.62. The molecule has 3 saturated carbocycles. The Morgan fingerprint density at radius 2 is 1.74 bits per heavy atom. The first-order chi connectivity index (χ1) is 8.76. The van der Waals surface area contributed by atoms with Gasteiger partial charge in [-0.2, -0.15) is 0 Å². The highest BCUT2D eigenvalue weighted by Gasteiger charge is 2.64. The van der Waals surface area contributed by atoms with E-state index in [4.69, 9.17) is 5.73 Å². The molecule has 3 rings (SSSR count). The Labute approximate surface area is 116 Å². The van der Waals surface area contributed by atoms with E-state index in [9.17, 15) is 4.79 Å². The lowest BCUT2D eigenvalue weighted by Gasteiger charge is -2.27. The van der Waals surface area contributed by atoms with Crippen molar-refractivity contribution in [1.82, 2.24) is 5.32 Å². The number of hydrogen-bond donors (Lipinski definition) is 2. The van der Waals surface area contributed by atoms with Crippen molar-refractivity contribution in [1.29, 1.82) is 0 Å². The maximum atomic E-state index is 12.4. The van der Waals surface area contributed by atoms with Crippen LogP contribution in [0.2, 0.25) is 0 Å². The topological polar surface area (TPSA) is 55.1 Å². The van der Waals surface area contributed by atoms with Crippen LogP contribution >= 0.6 is 0 Å². The third kappa shape index (κ3) is 1.77. The third-order valence-electron chi connectivity index (χ3n) is 7.08. The molecule has 0 heterocycles. The van der Waals surface area contributed by atoms with Crippen molar-refractivity contribution >= 4 is 5.91 Å². The van der Waals surface area contributed by atoms with Crippen molar-refractivity contribution in [2.75, 3.05) is 6.54 Å². The summed E-state index contributed by atoms with van der Waals surface area (Å²) < 4.78 is 0. The summed E-state index contributed by atoms with van der Waals surface area (Å²) in [5.74, 6) is 2.07. The molecule has 0 aromatic carbocycles. The molecule has 0 radical (unpaired) electrons. The largest absolute Gasteiger partial charge is 0.355 e. The van der Waals surface area contributed by atoms with E-state index in [0.717, 1.165) is 6.54 Å². The second-order valence-corrected chi connectivity index (χ2v) is 8.18. The van der Waals surface area contributed by atoms with E-state index >= 15 is 0 Å². The van der Waals surface area contributed by atoms with Crippen LogP contribution in [0.3, 0.4) is 0 Å². The van der Waals surface area contributed by atoms with Crippen molar-refractivity contribution in [2.24, 2.45) is 40.2 Å². The van der Waals surface area contributed by atoms with E-state index < -0.39 is 0 Å². The highest BCUT2D eigenvalue weighted by Crippen LogP contribution is 2.67. The molecule has 3 nitrogen and oxygen atoms in total. The number of fused-ring (bicyclic) bond motifs is 2. The molecule has 3 heteroatoms. The van der Waals surface area contributed by atoms with Crippen LogP contribution in [0.4, 0.5) is 0 Å². The van der Waals surface area contributed by atoms with Crippen LogP contribution < -0.4 is 11.1 Å². The van der Waals surface area contributed by atoms with Crippen molar-refractivity contribution < 1.29 is 4.79 Å². The zero-order valence-corrected chi connectivity index (χ0v) is 12.7. The fraction of sp³-hybridized carbons (Fsp3) is 0.938. The zero-order chi connectivity index (χ0) is 14.0. The Morgan fingerprint density at radius 1 is 1.16 bits per heavy atom. The van der Waals surface area contributed by atoms with Crippen molar-refractivity contribution in [3.05, 3.63) is 0 Å². The molecule has 0 aromatic heterocycles. The molecule has 0 spiro atoms. The van der Waals surface area contributed by atoms with Gasteiger partial charge in [-0.25, -0.2) is 0 Å². The highest BCUT2D eigenvalue weighted by atomic mass is 16.1. The molecule has 2 bridgehead atoms. The first kappa shape index (κ1) is 13.4. The maximum Gasteiger partial charge on any atom is 0.224 e. The zero-order valence-electron chi connectivity index (χ0n) is 12.7. The van der Waals surface area contributed by atoms with Crippen LogP contribution in [0.1, 0.15) is 47.0 Å². The lowest BCUT2D eigenvalue weighted by molar-refractivity contribution is -0.127. The Morgan fingerprint density at radius 3 is 2.21 bits per heavy atom. The van der Waals surface area contributed by atoms with E-state index in [2.05, 4.69) is 33.0 Å². The molecule has 3 fully saturated rings. The smallest absolute Gasteiger partial charge is 0.224 e. The van der Waals surface area contributed by atoms with Gasteiger partial charge in [0.25, 0.3) is 0 Å². The van der Waals surface area contributed by atoms with Crippen molar-refractivity contribution in [3.8, 4) is 0 Å². The van der Waals surface area contributed by atoms with E-state index in [-0.39, 0.29) is 17.9 Å². The van der Waals surface area contributed by atoms with Gasteiger partial charge in [0.05, 0.1) is 5.92 Å². The predicted octanol–water partition coefficient (Wildman–Crippen LogP) is 2.16. The average Bonchev–Trinajstić information content (AvgIpc) is 2.73. The fourth-order valence-electron chi connectivity index (χ4n) is 4.89. The number of carbonyl (C=O) groups is 1. The Hall–Kier alpha value is -0.570. The lowest BCUT2D eigenvalue weighted by atomic mass is 9.84. The number of rotatable bonds is 3. The first-order valence-corrected chi connectivity index (χ1v) is 7.80. The van der Waals surface area contributed by atoms with E-state index in [1.807, 2.05) is 0 Å². The number of nitrogens with two attached hydrogens (primary N) is 1. The van der Waals surface area contributed by atoms with Crippen LogP contribution in [-0.2, 0) is 4.79 Å². The minimum absolute atomic E-state index is 0.0868. The Balaban J connectivity index is 1.56. The van der Waals surface area contributed by atoms with Gasteiger partial charge >= 0.3 is 0 Å². The first-order valence-electron chi connectivity index (χ1n) is 7.80. The second-order valence-electron chi connectivity index (χ2n) is 8.18. The van der Waals surface area contributed by atoms with Gasteiger partial charge in [0, 0.05) is 12.6 Å². The maximum absolute atomic E-state index is 12.4. The van der Waals surface area contributed by atoms with E-state index in [0.29, 0.717) is 28.6 Å². The summed E-state index contributed by atoms with van der Waals surface area (Å²) >= 11 is 0. The molecule has 1 amide bonds. The summed E-state index contributed by atoms with van der Waals surface area (Å²) in [5, 5.41) is 3.19. The summed E-state index contributed by atoms with van der Waals surface area (Å²) in [6.45, 7) is 10.0. The SMILES string of the molecule is CC1(C)C(CNC(=O)C2C3CCC(C3)C2N)C1(C)C. The van der Waals surface area contributed by atoms with Gasteiger partial charge in [-0.1, -0.05) is 27.7 Å². The van der Waals surface area contributed by atoms with Gasteiger partial charge in [-0.3, -0.25) is 4.79 Å². The Bertz CT molecular complexity index is 386. The molecule has 108 valence electrons. The van der Waals surface area contributed by atoms with Crippen LogP contribution in [0.15, 0.2) is 0 Å². The molecule has 19 heavy (non-hydrogen) atoms. The summed E-state index contributed by atoms with van der Waals surface area (Å²) in [4.78, 5) is 12.4. The fourth-order valence-corrected chi connectivity index (χ4v) is 4.89. The average molecular weight is 264 g/mol. The molecule has 3 aliphatic rings. The van der Waals surface area contributed by atoms with Crippen LogP contribution in [0.25, 0.3) is 0 Å².